The summed E-state index contributed by atoms with van der Waals surface area (Å²) in [5, 5.41) is 3.26. The monoisotopic (exact) mass is 288 g/mol. The number of rotatable bonds is 4. The van der Waals surface area contributed by atoms with Gasteiger partial charge < -0.3 is 5.32 Å². The molecule has 1 unspecified atom stereocenters. The van der Waals surface area contributed by atoms with E-state index in [0.29, 0.717) is 4.21 Å². The van der Waals surface area contributed by atoms with E-state index < -0.39 is 10.0 Å². The highest BCUT2D eigenvalue weighted by molar-refractivity contribution is 7.91. The molecule has 0 spiro atoms. The zero-order valence-corrected chi connectivity index (χ0v) is 12.2. The molecule has 0 aliphatic carbocycles. The van der Waals surface area contributed by atoms with Crippen LogP contribution in [0.1, 0.15) is 31.1 Å². The minimum atomic E-state index is -3.34. The first-order chi connectivity index (χ1) is 8.62. The molecule has 0 saturated carbocycles. The Hall–Kier alpha value is -0.430. The molecule has 1 saturated heterocycles. The summed E-state index contributed by atoms with van der Waals surface area (Å²) >= 11 is 1.36. The minimum Gasteiger partial charge on any atom is -0.315 e. The Morgan fingerprint density at radius 3 is 3.00 bits per heavy atom. The normalized spacial score (nSPS) is 21.7. The van der Waals surface area contributed by atoms with E-state index in [-0.39, 0.29) is 6.04 Å². The molecule has 2 N–H and O–H groups in total. The SMILES string of the molecule is CCc1ccc(S(=O)(=O)NC2CCCCNC2)s1. The van der Waals surface area contributed by atoms with Crippen molar-refractivity contribution in [2.24, 2.45) is 0 Å². The van der Waals surface area contributed by atoms with Gasteiger partial charge in [-0.2, -0.15) is 0 Å². The van der Waals surface area contributed by atoms with E-state index in [1.807, 2.05) is 13.0 Å². The van der Waals surface area contributed by atoms with Crippen LogP contribution in [0.5, 0.6) is 0 Å². The quantitative estimate of drug-likeness (QED) is 0.887. The fraction of sp³-hybridized carbons (Fsp3) is 0.667. The van der Waals surface area contributed by atoms with E-state index in [4.69, 9.17) is 0 Å². The van der Waals surface area contributed by atoms with Crippen molar-refractivity contribution in [3.63, 3.8) is 0 Å². The van der Waals surface area contributed by atoms with Gasteiger partial charge >= 0.3 is 0 Å². The summed E-state index contributed by atoms with van der Waals surface area (Å²) in [6.07, 6.45) is 3.99. The number of aryl methyl sites for hydroxylation is 1. The standard InChI is InChI=1S/C12H20N2O2S2/c1-2-11-6-7-12(17-11)18(15,16)14-10-5-3-4-8-13-9-10/h6-7,10,13-14H,2-5,8-9H2,1H3. The molecule has 1 aromatic heterocycles. The summed E-state index contributed by atoms with van der Waals surface area (Å²) in [4.78, 5) is 1.11. The van der Waals surface area contributed by atoms with Crippen LogP contribution in [0.4, 0.5) is 0 Å². The summed E-state index contributed by atoms with van der Waals surface area (Å²) in [6.45, 7) is 3.74. The van der Waals surface area contributed by atoms with Crippen LogP contribution in [0.2, 0.25) is 0 Å². The molecule has 0 radical (unpaired) electrons. The fourth-order valence-electron chi connectivity index (χ4n) is 2.09. The van der Waals surface area contributed by atoms with Gasteiger partial charge in [0, 0.05) is 17.5 Å². The van der Waals surface area contributed by atoms with Gasteiger partial charge in [-0.1, -0.05) is 13.3 Å². The second kappa shape index (κ2) is 6.14. The van der Waals surface area contributed by atoms with E-state index in [1.165, 1.54) is 11.3 Å². The van der Waals surface area contributed by atoms with Gasteiger partial charge in [0.2, 0.25) is 10.0 Å². The molecule has 102 valence electrons. The lowest BCUT2D eigenvalue weighted by atomic mass is 10.2. The summed E-state index contributed by atoms with van der Waals surface area (Å²) in [5.74, 6) is 0. The van der Waals surface area contributed by atoms with Crippen molar-refractivity contribution in [3.8, 4) is 0 Å². The Labute approximate surface area is 113 Å². The molecule has 0 bridgehead atoms. The summed E-state index contributed by atoms with van der Waals surface area (Å²) in [6, 6.07) is 3.62. The van der Waals surface area contributed by atoms with Gasteiger partial charge in [0.15, 0.2) is 0 Å². The van der Waals surface area contributed by atoms with E-state index in [0.717, 1.165) is 43.6 Å². The molecule has 1 aromatic rings. The highest BCUT2D eigenvalue weighted by atomic mass is 32.2. The highest BCUT2D eigenvalue weighted by Gasteiger charge is 2.22. The van der Waals surface area contributed by atoms with Crippen molar-refractivity contribution >= 4 is 21.4 Å². The lowest BCUT2D eigenvalue weighted by Gasteiger charge is -2.15. The molecule has 18 heavy (non-hydrogen) atoms. The van der Waals surface area contributed by atoms with Gasteiger partial charge in [0.1, 0.15) is 4.21 Å². The highest BCUT2D eigenvalue weighted by Crippen LogP contribution is 2.22. The summed E-state index contributed by atoms with van der Waals surface area (Å²) in [5.41, 5.74) is 0. The Kier molecular flexibility index (Phi) is 4.77. The third-order valence-electron chi connectivity index (χ3n) is 3.12. The number of hydrogen-bond donors (Lipinski definition) is 2. The second-order valence-corrected chi connectivity index (χ2v) is 7.70. The summed E-state index contributed by atoms with van der Waals surface area (Å²) in [7, 11) is -3.34. The third-order valence-corrected chi connectivity index (χ3v) is 6.36. The first-order valence-corrected chi connectivity index (χ1v) is 8.73. The van der Waals surface area contributed by atoms with Crippen LogP contribution in [0.3, 0.4) is 0 Å². The van der Waals surface area contributed by atoms with Crippen LogP contribution in [-0.2, 0) is 16.4 Å². The predicted octanol–water partition coefficient (Wildman–Crippen LogP) is 1.73. The lowest BCUT2D eigenvalue weighted by molar-refractivity contribution is 0.522. The van der Waals surface area contributed by atoms with Gasteiger partial charge in [-0.15, -0.1) is 11.3 Å². The molecule has 2 rings (SSSR count). The fourth-order valence-corrected chi connectivity index (χ4v) is 4.67. The molecule has 6 heteroatoms. The smallest absolute Gasteiger partial charge is 0.250 e. The lowest BCUT2D eigenvalue weighted by Crippen LogP contribution is -2.40. The van der Waals surface area contributed by atoms with Gasteiger partial charge in [0.25, 0.3) is 0 Å². The molecule has 0 aromatic carbocycles. The maximum Gasteiger partial charge on any atom is 0.250 e. The van der Waals surface area contributed by atoms with E-state index >= 15 is 0 Å². The molecule has 1 fully saturated rings. The van der Waals surface area contributed by atoms with Crippen LogP contribution in [0, 0.1) is 0 Å². The van der Waals surface area contributed by atoms with Gasteiger partial charge in [-0.05, 0) is 37.9 Å². The minimum absolute atomic E-state index is 0.0182. The zero-order valence-electron chi connectivity index (χ0n) is 10.6. The predicted molar refractivity (Wildman–Crippen MR) is 74.5 cm³/mol. The van der Waals surface area contributed by atoms with Crippen molar-refractivity contribution in [2.45, 2.75) is 42.9 Å². The molecule has 1 aliphatic rings. The van der Waals surface area contributed by atoms with Gasteiger partial charge in [-0.25, -0.2) is 13.1 Å². The summed E-state index contributed by atoms with van der Waals surface area (Å²) < 4.78 is 27.7. The van der Waals surface area contributed by atoms with E-state index in [9.17, 15) is 8.42 Å². The second-order valence-electron chi connectivity index (χ2n) is 4.59. The molecule has 4 nitrogen and oxygen atoms in total. The average molecular weight is 288 g/mol. The number of sulfonamides is 1. The Morgan fingerprint density at radius 1 is 1.44 bits per heavy atom. The van der Waals surface area contributed by atoms with Crippen molar-refractivity contribution in [3.05, 3.63) is 17.0 Å². The van der Waals surface area contributed by atoms with E-state index in [1.54, 1.807) is 6.07 Å². The van der Waals surface area contributed by atoms with Crippen LogP contribution in [-0.4, -0.2) is 27.5 Å². The zero-order chi connectivity index (χ0) is 13.0. The molecule has 2 heterocycles. The van der Waals surface area contributed by atoms with E-state index in [2.05, 4.69) is 10.0 Å². The molecule has 0 amide bonds. The van der Waals surface area contributed by atoms with Crippen LogP contribution in [0.25, 0.3) is 0 Å². The number of hydrogen-bond acceptors (Lipinski definition) is 4. The first-order valence-electron chi connectivity index (χ1n) is 6.43. The third kappa shape index (κ3) is 3.54. The van der Waals surface area contributed by atoms with Crippen molar-refractivity contribution in [1.29, 1.82) is 0 Å². The molecule has 1 aliphatic heterocycles. The Bertz CT molecular complexity index is 474. The topological polar surface area (TPSA) is 58.2 Å². The Balaban J connectivity index is 2.06. The largest absolute Gasteiger partial charge is 0.315 e. The van der Waals surface area contributed by atoms with Crippen LogP contribution in [0.15, 0.2) is 16.3 Å². The maximum absolute atomic E-state index is 12.2. The molecule has 1 atom stereocenters. The van der Waals surface area contributed by atoms with Gasteiger partial charge in [0.05, 0.1) is 0 Å². The van der Waals surface area contributed by atoms with Crippen molar-refractivity contribution in [2.75, 3.05) is 13.1 Å². The number of thiophene rings is 1. The van der Waals surface area contributed by atoms with Crippen LogP contribution >= 0.6 is 11.3 Å². The van der Waals surface area contributed by atoms with Crippen molar-refractivity contribution in [1.82, 2.24) is 10.0 Å². The first kappa shape index (κ1) is 14.0. The molecular formula is C12H20N2O2S2. The Morgan fingerprint density at radius 2 is 2.28 bits per heavy atom. The van der Waals surface area contributed by atoms with Crippen molar-refractivity contribution < 1.29 is 8.42 Å². The van der Waals surface area contributed by atoms with Crippen LogP contribution < -0.4 is 10.0 Å². The average Bonchev–Trinajstić information content (AvgIpc) is 2.70. The van der Waals surface area contributed by atoms with Gasteiger partial charge in [-0.3, -0.25) is 0 Å². The number of nitrogens with one attached hydrogen (secondary N) is 2. The molecular weight excluding hydrogens is 268 g/mol. The maximum atomic E-state index is 12.2.